The van der Waals surface area contributed by atoms with Gasteiger partial charge in [0, 0.05) is 18.8 Å². The molecule has 3 nitrogen and oxygen atoms in total. The van der Waals surface area contributed by atoms with E-state index in [9.17, 15) is 18.0 Å². The average Bonchev–Trinajstić information content (AvgIpc) is 2.29. The Kier molecular flexibility index (Phi) is 5.60. The number of hydrogen-bond acceptors (Lipinski definition) is 2. The van der Waals surface area contributed by atoms with E-state index in [4.69, 9.17) is 0 Å². The zero-order valence-corrected chi connectivity index (χ0v) is 11.1. The molecule has 108 valence electrons. The molecule has 1 heterocycles. The lowest BCUT2D eigenvalue weighted by molar-refractivity contribution is -0.138. The van der Waals surface area contributed by atoms with Crippen LogP contribution in [0.15, 0.2) is 23.1 Å². The van der Waals surface area contributed by atoms with Gasteiger partial charge in [0.05, 0.1) is 5.56 Å². The maximum atomic E-state index is 12.5. The molecule has 0 spiro atoms. The Morgan fingerprint density at radius 2 is 2.00 bits per heavy atom. The number of hydrogen-bond donors (Lipinski definition) is 1. The van der Waals surface area contributed by atoms with Gasteiger partial charge < -0.3 is 9.88 Å². The molecule has 19 heavy (non-hydrogen) atoms. The highest BCUT2D eigenvalue weighted by atomic mass is 19.4. The second-order valence-electron chi connectivity index (χ2n) is 4.90. The van der Waals surface area contributed by atoms with Crippen LogP contribution >= 0.6 is 0 Å². The molecule has 1 N–H and O–H groups in total. The van der Waals surface area contributed by atoms with E-state index in [-0.39, 0.29) is 6.54 Å². The van der Waals surface area contributed by atoms with Crippen molar-refractivity contribution >= 4 is 0 Å². The number of pyridine rings is 1. The minimum atomic E-state index is -4.41. The van der Waals surface area contributed by atoms with E-state index in [1.54, 1.807) is 0 Å². The summed E-state index contributed by atoms with van der Waals surface area (Å²) in [4.78, 5) is 11.4. The average molecular weight is 276 g/mol. The van der Waals surface area contributed by atoms with Gasteiger partial charge in [-0.1, -0.05) is 13.8 Å². The fourth-order valence-corrected chi connectivity index (χ4v) is 1.64. The number of nitrogens with zero attached hydrogens (tertiary/aromatic N) is 1. The summed E-state index contributed by atoms with van der Waals surface area (Å²) < 4.78 is 38.6. The van der Waals surface area contributed by atoms with E-state index in [0.717, 1.165) is 29.4 Å². The molecule has 0 bridgehead atoms. The van der Waals surface area contributed by atoms with Crippen molar-refractivity contribution in [1.29, 1.82) is 0 Å². The SMILES string of the molecule is CC(C)CNCCCn1cc(C(F)(F)F)ccc1=O. The van der Waals surface area contributed by atoms with Crippen LogP contribution in [0.1, 0.15) is 25.8 Å². The van der Waals surface area contributed by atoms with Gasteiger partial charge >= 0.3 is 6.18 Å². The van der Waals surface area contributed by atoms with Crippen LogP contribution < -0.4 is 10.9 Å². The zero-order valence-electron chi connectivity index (χ0n) is 11.1. The highest BCUT2D eigenvalue weighted by Crippen LogP contribution is 2.27. The highest BCUT2D eigenvalue weighted by molar-refractivity contribution is 5.13. The molecule has 0 saturated carbocycles. The molecule has 0 aliphatic rings. The summed E-state index contributed by atoms with van der Waals surface area (Å²) in [6, 6.07) is 1.78. The standard InChI is InChI=1S/C13H19F3N2O/c1-10(2)8-17-6-3-7-18-9-11(13(14,15)16)4-5-12(18)19/h4-5,9-10,17H,3,6-8H2,1-2H3. The maximum Gasteiger partial charge on any atom is 0.417 e. The highest BCUT2D eigenvalue weighted by Gasteiger charge is 2.30. The van der Waals surface area contributed by atoms with E-state index >= 15 is 0 Å². The fraction of sp³-hybridized carbons (Fsp3) is 0.615. The van der Waals surface area contributed by atoms with E-state index < -0.39 is 17.3 Å². The number of rotatable bonds is 6. The largest absolute Gasteiger partial charge is 0.417 e. The minimum Gasteiger partial charge on any atom is -0.316 e. The topological polar surface area (TPSA) is 34.0 Å². The van der Waals surface area contributed by atoms with Gasteiger partial charge in [-0.25, -0.2) is 0 Å². The van der Waals surface area contributed by atoms with E-state index in [0.29, 0.717) is 18.9 Å². The Hall–Kier alpha value is -1.30. The molecule has 1 rings (SSSR count). The van der Waals surface area contributed by atoms with E-state index in [1.807, 2.05) is 0 Å². The van der Waals surface area contributed by atoms with Crippen LogP contribution in [0, 0.1) is 5.92 Å². The summed E-state index contributed by atoms with van der Waals surface area (Å²) in [6.45, 7) is 5.97. The van der Waals surface area contributed by atoms with Gasteiger partial charge in [-0.15, -0.1) is 0 Å². The van der Waals surface area contributed by atoms with Crippen molar-refractivity contribution in [2.75, 3.05) is 13.1 Å². The van der Waals surface area contributed by atoms with Gasteiger partial charge in [0.1, 0.15) is 0 Å². The van der Waals surface area contributed by atoms with Crippen molar-refractivity contribution in [3.8, 4) is 0 Å². The summed E-state index contributed by atoms with van der Waals surface area (Å²) in [5, 5.41) is 3.18. The first-order valence-electron chi connectivity index (χ1n) is 6.29. The molecule has 0 unspecified atom stereocenters. The predicted octanol–water partition coefficient (Wildman–Crippen LogP) is 2.50. The van der Waals surface area contributed by atoms with Gasteiger partial charge in [-0.05, 0) is 31.5 Å². The minimum absolute atomic E-state index is 0.286. The number of halogens is 3. The third-order valence-corrected chi connectivity index (χ3v) is 2.62. The second-order valence-corrected chi connectivity index (χ2v) is 4.90. The van der Waals surface area contributed by atoms with Gasteiger partial charge in [0.15, 0.2) is 0 Å². The molecular weight excluding hydrogens is 257 g/mol. The second kappa shape index (κ2) is 6.75. The summed E-state index contributed by atoms with van der Waals surface area (Å²) >= 11 is 0. The number of nitrogens with one attached hydrogen (secondary N) is 1. The van der Waals surface area contributed by atoms with Crippen LogP contribution in [0.2, 0.25) is 0 Å². The first kappa shape index (κ1) is 15.8. The predicted molar refractivity (Wildman–Crippen MR) is 68.0 cm³/mol. The van der Waals surface area contributed by atoms with Crippen molar-refractivity contribution < 1.29 is 13.2 Å². The van der Waals surface area contributed by atoms with Crippen LogP contribution in [0.3, 0.4) is 0 Å². The fourth-order valence-electron chi connectivity index (χ4n) is 1.64. The van der Waals surface area contributed by atoms with Crippen molar-refractivity contribution in [3.05, 3.63) is 34.2 Å². The molecule has 0 aliphatic heterocycles. The van der Waals surface area contributed by atoms with Crippen LogP contribution in [0.5, 0.6) is 0 Å². The quantitative estimate of drug-likeness (QED) is 0.810. The van der Waals surface area contributed by atoms with E-state index in [1.165, 1.54) is 0 Å². The molecule has 0 atom stereocenters. The Labute approximate surface area is 110 Å². The van der Waals surface area contributed by atoms with Crippen molar-refractivity contribution in [3.63, 3.8) is 0 Å². The molecule has 6 heteroatoms. The van der Waals surface area contributed by atoms with Crippen LogP contribution in [0.4, 0.5) is 13.2 Å². The Balaban J connectivity index is 2.56. The summed E-state index contributed by atoms with van der Waals surface area (Å²) in [5.74, 6) is 0.524. The maximum absolute atomic E-state index is 12.5. The lowest BCUT2D eigenvalue weighted by atomic mass is 10.2. The summed E-state index contributed by atoms with van der Waals surface area (Å²) in [5.41, 5.74) is -1.20. The van der Waals surface area contributed by atoms with Gasteiger partial charge in [-0.2, -0.15) is 13.2 Å². The lowest BCUT2D eigenvalue weighted by Gasteiger charge is -2.11. The van der Waals surface area contributed by atoms with Crippen molar-refractivity contribution in [1.82, 2.24) is 9.88 Å². The summed E-state index contributed by atoms with van der Waals surface area (Å²) in [6.07, 6.45) is -2.91. The lowest BCUT2D eigenvalue weighted by Crippen LogP contribution is -2.25. The molecule has 0 amide bonds. The molecule has 1 aromatic rings. The number of alkyl halides is 3. The van der Waals surface area contributed by atoms with Gasteiger partial charge in [0.25, 0.3) is 5.56 Å². The molecule has 0 saturated heterocycles. The molecule has 0 radical (unpaired) electrons. The number of aryl methyl sites for hydroxylation is 1. The van der Waals surface area contributed by atoms with Gasteiger partial charge in [0.2, 0.25) is 0 Å². The molecular formula is C13H19F3N2O. The van der Waals surface area contributed by atoms with Gasteiger partial charge in [-0.3, -0.25) is 4.79 Å². The normalized spacial score (nSPS) is 12.1. The first-order chi connectivity index (χ1) is 8.80. The zero-order chi connectivity index (χ0) is 14.5. The molecule has 0 aliphatic carbocycles. The Morgan fingerprint density at radius 3 is 2.58 bits per heavy atom. The van der Waals surface area contributed by atoms with Crippen molar-refractivity contribution in [2.45, 2.75) is 33.0 Å². The Morgan fingerprint density at radius 1 is 1.32 bits per heavy atom. The first-order valence-corrected chi connectivity index (χ1v) is 6.29. The molecule has 1 aromatic heterocycles. The third-order valence-electron chi connectivity index (χ3n) is 2.62. The monoisotopic (exact) mass is 276 g/mol. The molecule has 0 fully saturated rings. The molecule has 0 aromatic carbocycles. The van der Waals surface area contributed by atoms with Crippen LogP contribution in [-0.2, 0) is 12.7 Å². The van der Waals surface area contributed by atoms with Crippen LogP contribution in [-0.4, -0.2) is 17.7 Å². The van der Waals surface area contributed by atoms with Crippen LogP contribution in [0.25, 0.3) is 0 Å². The summed E-state index contributed by atoms with van der Waals surface area (Å²) in [7, 11) is 0. The van der Waals surface area contributed by atoms with Crippen molar-refractivity contribution in [2.24, 2.45) is 5.92 Å². The smallest absolute Gasteiger partial charge is 0.316 e. The van der Waals surface area contributed by atoms with E-state index in [2.05, 4.69) is 19.2 Å². The number of aromatic nitrogens is 1. The third kappa shape index (κ3) is 5.46. The Bertz CT molecular complexity index is 452.